The van der Waals surface area contributed by atoms with Gasteiger partial charge in [-0.3, -0.25) is 14.4 Å². The highest BCUT2D eigenvalue weighted by Crippen LogP contribution is 2.36. The molecule has 0 bridgehead atoms. The van der Waals surface area contributed by atoms with E-state index >= 15 is 0 Å². The van der Waals surface area contributed by atoms with Gasteiger partial charge in [-0.25, -0.2) is 9.78 Å². The fourth-order valence-electron chi connectivity index (χ4n) is 7.03. The highest BCUT2D eigenvalue weighted by molar-refractivity contribution is 6.35. The van der Waals surface area contributed by atoms with Crippen LogP contribution in [0.3, 0.4) is 0 Å². The quantitative estimate of drug-likeness (QED) is 0.0811. The van der Waals surface area contributed by atoms with Crippen LogP contribution in [0.5, 0.6) is 0 Å². The van der Waals surface area contributed by atoms with Crippen LogP contribution in [0, 0.1) is 20.8 Å². The van der Waals surface area contributed by atoms with Crippen LogP contribution >= 0.6 is 0 Å². The van der Waals surface area contributed by atoms with Gasteiger partial charge >= 0.3 is 12.2 Å². The van der Waals surface area contributed by atoms with Gasteiger partial charge in [0.1, 0.15) is 0 Å². The SMILES string of the molecule is Cc1cn(-c2cc(C(=O)Nc3cccc(NC(=O)Nc4ccc5c(c4)NC(=O)/C5=C\c4[nH]c(C)c(C(=O)NCCN5CCCC5)c4C)c3)cc(C(F)(F)F)c2)cn1. The number of benzene rings is 3. The number of halogens is 3. The second kappa shape index (κ2) is 15.8. The summed E-state index contributed by atoms with van der Waals surface area (Å²) >= 11 is 0. The van der Waals surface area contributed by atoms with E-state index < -0.39 is 23.7 Å². The number of alkyl halides is 3. The molecule has 1 fully saturated rings. The van der Waals surface area contributed by atoms with E-state index in [1.54, 1.807) is 49.5 Å². The summed E-state index contributed by atoms with van der Waals surface area (Å²) in [6, 6.07) is 13.5. The third-order valence-corrected chi connectivity index (χ3v) is 9.86. The van der Waals surface area contributed by atoms with Crippen molar-refractivity contribution in [3.8, 4) is 5.69 Å². The van der Waals surface area contributed by atoms with Crippen molar-refractivity contribution >= 4 is 58.2 Å². The van der Waals surface area contributed by atoms with Gasteiger partial charge in [-0.15, -0.1) is 0 Å². The van der Waals surface area contributed by atoms with E-state index in [2.05, 4.69) is 41.5 Å². The Morgan fingerprint density at radius 1 is 0.895 bits per heavy atom. The lowest BCUT2D eigenvalue weighted by Gasteiger charge is -2.14. The Labute approximate surface area is 325 Å². The van der Waals surface area contributed by atoms with Crippen LogP contribution in [0.25, 0.3) is 17.3 Å². The molecule has 13 nitrogen and oxygen atoms in total. The van der Waals surface area contributed by atoms with Gasteiger partial charge in [0.2, 0.25) is 0 Å². The molecule has 16 heteroatoms. The first kappa shape index (κ1) is 38.6. The van der Waals surface area contributed by atoms with E-state index in [0.29, 0.717) is 57.4 Å². The number of aromatic amines is 1. The van der Waals surface area contributed by atoms with Crippen LogP contribution in [-0.2, 0) is 11.0 Å². The Morgan fingerprint density at radius 2 is 1.61 bits per heavy atom. The Kier molecular flexibility index (Phi) is 10.7. The minimum atomic E-state index is -4.70. The average Bonchev–Trinajstić information content (AvgIpc) is 3.95. The van der Waals surface area contributed by atoms with Crippen molar-refractivity contribution in [3.63, 3.8) is 0 Å². The summed E-state index contributed by atoms with van der Waals surface area (Å²) in [7, 11) is 0. The highest BCUT2D eigenvalue weighted by atomic mass is 19.4. The molecule has 3 aromatic carbocycles. The van der Waals surface area contributed by atoms with E-state index in [-0.39, 0.29) is 28.8 Å². The maximum Gasteiger partial charge on any atom is 0.416 e. The first-order valence-corrected chi connectivity index (χ1v) is 18.3. The van der Waals surface area contributed by atoms with E-state index in [9.17, 15) is 32.3 Å². The predicted octanol–water partition coefficient (Wildman–Crippen LogP) is 7.36. The molecule has 5 amide bonds. The first-order valence-electron chi connectivity index (χ1n) is 18.3. The minimum absolute atomic E-state index is 0.116. The normalized spacial score (nSPS) is 14.7. The largest absolute Gasteiger partial charge is 0.416 e. The number of H-pyrrole nitrogens is 1. The van der Waals surface area contributed by atoms with E-state index in [1.807, 2.05) is 13.8 Å². The number of carbonyl (C=O) groups is 4. The molecular formula is C41H40F3N9O4. The summed E-state index contributed by atoms with van der Waals surface area (Å²) in [4.78, 5) is 62.0. The lowest BCUT2D eigenvalue weighted by Crippen LogP contribution is -2.33. The molecule has 2 aliphatic rings. The number of amides is 5. The molecule has 4 heterocycles. The van der Waals surface area contributed by atoms with Gasteiger partial charge in [0, 0.05) is 64.6 Å². The number of hydrogen-bond acceptors (Lipinski definition) is 6. The Balaban J connectivity index is 0.995. The molecule has 0 spiro atoms. The zero-order chi connectivity index (χ0) is 40.4. The number of nitrogens with zero attached hydrogens (tertiary/aromatic N) is 3. The molecule has 2 aromatic heterocycles. The first-order chi connectivity index (χ1) is 27.2. The Morgan fingerprint density at radius 3 is 2.32 bits per heavy atom. The molecule has 2 aliphatic heterocycles. The number of fused-ring (bicyclic) bond motifs is 1. The number of anilines is 4. The molecule has 7 rings (SSSR count). The van der Waals surface area contributed by atoms with Crippen molar-refractivity contribution in [2.45, 2.75) is 39.8 Å². The monoisotopic (exact) mass is 779 g/mol. The molecule has 0 unspecified atom stereocenters. The third-order valence-electron chi connectivity index (χ3n) is 9.86. The lowest BCUT2D eigenvalue weighted by molar-refractivity contribution is -0.137. The number of carbonyl (C=O) groups excluding carboxylic acids is 4. The predicted molar refractivity (Wildman–Crippen MR) is 212 cm³/mol. The van der Waals surface area contributed by atoms with Gasteiger partial charge < -0.3 is 41.0 Å². The fraction of sp³-hybridized carbons (Fsp3) is 0.244. The van der Waals surface area contributed by atoms with E-state index in [4.69, 9.17) is 0 Å². The number of aromatic nitrogens is 3. The van der Waals surface area contributed by atoms with Crippen LogP contribution < -0.4 is 26.6 Å². The van der Waals surface area contributed by atoms with E-state index in [0.717, 1.165) is 37.3 Å². The number of imidazole rings is 1. The number of likely N-dealkylation sites (tertiary alicyclic amines) is 1. The summed E-state index contributed by atoms with van der Waals surface area (Å²) in [5.74, 6) is -1.30. The summed E-state index contributed by atoms with van der Waals surface area (Å²) in [6.07, 6.45) is 2.29. The summed E-state index contributed by atoms with van der Waals surface area (Å²) in [6.45, 7) is 8.81. The third kappa shape index (κ3) is 8.75. The molecule has 0 radical (unpaired) electrons. The van der Waals surface area contributed by atoms with E-state index in [1.165, 1.54) is 41.9 Å². The molecule has 57 heavy (non-hydrogen) atoms. The molecule has 294 valence electrons. The van der Waals surface area contributed by atoms with Crippen molar-refractivity contribution in [2.75, 3.05) is 47.4 Å². The van der Waals surface area contributed by atoms with Crippen LogP contribution in [0.1, 0.15) is 67.3 Å². The van der Waals surface area contributed by atoms with Crippen molar-refractivity contribution < 1.29 is 32.3 Å². The van der Waals surface area contributed by atoms with Crippen LogP contribution in [0.15, 0.2) is 73.2 Å². The van der Waals surface area contributed by atoms with Gasteiger partial charge in [-0.05, 0) is 107 Å². The fourth-order valence-corrected chi connectivity index (χ4v) is 7.03. The zero-order valence-corrected chi connectivity index (χ0v) is 31.4. The molecule has 0 aliphatic carbocycles. The Hall–Kier alpha value is -6.68. The molecule has 0 atom stereocenters. The van der Waals surface area contributed by atoms with Crippen molar-refractivity contribution in [3.05, 3.63) is 118 Å². The Bertz CT molecular complexity index is 2430. The van der Waals surface area contributed by atoms with Gasteiger partial charge in [0.05, 0.1) is 34.4 Å². The number of hydrogen-bond donors (Lipinski definition) is 6. The number of aryl methyl sites for hydroxylation is 2. The van der Waals surface area contributed by atoms with Crippen molar-refractivity contribution in [1.29, 1.82) is 0 Å². The second-order valence-corrected chi connectivity index (χ2v) is 14.0. The minimum Gasteiger partial charge on any atom is -0.358 e. The molecular weight excluding hydrogens is 740 g/mol. The number of urea groups is 1. The maximum absolute atomic E-state index is 13.7. The van der Waals surface area contributed by atoms with Gasteiger partial charge in [-0.1, -0.05) is 12.1 Å². The van der Waals surface area contributed by atoms with Crippen molar-refractivity contribution in [2.24, 2.45) is 0 Å². The van der Waals surface area contributed by atoms with Crippen molar-refractivity contribution in [1.82, 2.24) is 24.8 Å². The zero-order valence-electron chi connectivity index (χ0n) is 31.4. The summed E-state index contributed by atoms with van der Waals surface area (Å²) in [5, 5.41) is 13.8. The van der Waals surface area contributed by atoms with Gasteiger partial charge in [-0.2, -0.15) is 13.2 Å². The molecule has 5 aromatic rings. The second-order valence-electron chi connectivity index (χ2n) is 14.0. The molecule has 1 saturated heterocycles. The van der Waals surface area contributed by atoms with Gasteiger partial charge in [0.15, 0.2) is 0 Å². The number of nitrogens with one attached hydrogen (secondary N) is 6. The molecule has 6 N–H and O–H groups in total. The summed E-state index contributed by atoms with van der Waals surface area (Å²) in [5.41, 5.74) is 4.49. The standard InChI is InChI=1S/C41H40F3N9O4/c1-23-21-53(22-46-23)31-16-26(15-27(17-31)41(42,43)44)37(54)48-28-7-6-8-29(18-28)49-40(57)50-30-9-10-32-33(38(55)51-35(32)19-30)20-34-24(2)36(25(3)47-34)39(56)45-11-14-52-12-4-5-13-52/h6-10,15-22,47H,4-5,11-14H2,1-3H3,(H,45,56)(H,48,54)(H,51,55)(H2,49,50,57)/b33-20-. The lowest BCUT2D eigenvalue weighted by atomic mass is 10.0. The smallest absolute Gasteiger partial charge is 0.358 e. The van der Waals surface area contributed by atoms with Crippen LogP contribution in [-0.4, -0.2) is 69.4 Å². The van der Waals surface area contributed by atoms with Gasteiger partial charge in [0.25, 0.3) is 17.7 Å². The molecule has 0 saturated carbocycles. The van der Waals surface area contributed by atoms with Crippen LogP contribution in [0.4, 0.5) is 40.7 Å². The average molecular weight is 780 g/mol. The highest BCUT2D eigenvalue weighted by Gasteiger charge is 2.32. The number of rotatable bonds is 10. The maximum atomic E-state index is 13.7. The summed E-state index contributed by atoms with van der Waals surface area (Å²) < 4.78 is 42.6. The topological polar surface area (TPSA) is 165 Å². The van der Waals surface area contributed by atoms with Crippen LogP contribution in [0.2, 0.25) is 0 Å².